The van der Waals surface area contributed by atoms with Gasteiger partial charge in [-0.3, -0.25) is 4.79 Å². The third kappa shape index (κ3) is 4.37. The maximum atomic E-state index is 11.8. The van der Waals surface area contributed by atoms with Crippen LogP contribution in [-0.4, -0.2) is 37.0 Å². The molecule has 1 N–H and O–H groups in total. The van der Waals surface area contributed by atoms with Crippen LogP contribution in [0.5, 0.6) is 0 Å². The highest BCUT2D eigenvalue weighted by Gasteiger charge is 2.10. The van der Waals surface area contributed by atoms with Crippen LogP contribution < -0.4 is 5.32 Å². The molecule has 0 aromatic carbocycles. The SMILES string of the molecule is O=C(NCCN1CCCCCC1)c1csc(Br)c1. The van der Waals surface area contributed by atoms with Crippen molar-refractivity contribution in [2.75, 3.05) is 26.2 Å². The van der Waals surface area contributed by atoms with Crippen LogP contribution in [0.2, 0.25) is 0 Å². The number of nitrogens with zero attached hydrogens (tertiary/aromatic N) is 1. The average Bonchev–Trinajstić information content (AvgIpc) is 2.63. The summed E-state index contributed by atoms with van der Waals surface area (Å²) in [7, 11) is 0. The molecule has 0 atom stereocenters. The van der Waals surface area contributed by atoms with Gasteiger partial charge in [0.15, 0.2) is 0 Å². The first kappa shape index (κ1) is 14.0. The number of carbonyl (C=O) groups excluding carboxylic acids is 1. The molecule has 2 heterocycles. The van der Waals surface area contributed by atoms with Crippen molar-refractivity contribution in [3.8, 4) is 0 Å². The fourth-order valence-corrected chi connectivity index (χ4v) is 3.36. The highest BCUT2D eigenvalue weighted by atomic mass is 79.9. The lowest BCUT2D eigenvalue weighted by Gasteiger charge is -2.19. The van der Waals surface area contributed by atoms with Crippen molar-refractivity contribution in [1.29, 1.82) is 0 Å². The number of thiophene rings is 1. The smallest absolute Gasteiger partial charge is 0.252 e. The molecular formula is C13H19BrN2OS. The van der Waals surface area contributed by atoms with Crippen molar-refractivity contribution in [3.63, 3.8) is 0 Å². The van der Waals surface area contributed by atoms with Crippen molar-refractivity contribution < 1.29 is 4.79 Å². The molecule has 2 rings (SSSR count). The minimum Gasteiger partial charge on any atom is -0.351 e. The van der Waals surface area contributed by atoms with Crippen molar-refractivity contribution >= 4 is 33.2 Å². The molecule has 1 aliphatic rings. The summed E-state index contributed by atoms with van der Waals surface area (Å²) in [6.07, 6.45) is 5.30. The molecule has 1 saturated heterocycles. The van der Waals surface area contributed by atoms with Gasteiger partial charge in [0.05, 0.1) is 9.35 Å². The zero-order valence-electron chi connectivity index (χ0n) is 10.5. The lowest BCUT2D eigenvalue weighted by molar-refractivity contribution is 0.0949. The van der Waals surface area contributed by atoms with E-state index in [9.17, 15) is 4.79 Å². The molecule has 1 aromatic rings. The average molecular weight is 331 g/mol. The predicted octanol–water partition coefficient (Wildman–Crippen LogP) is 3.12. The minimum absolute atomic E-state index is 0.0340. The van der Waals surface area contributed by atoms with Crippen LogP contribution in [0.4, 0.5) is 0 Å². The fourth-order valence-electron chi connectivity index (χ4n) is 2.22. The van der Waals surface area contributed by atoms with Crippen molar-refractivity contribution in [2.45, 2.75) is 25.7 Å². The molecule has 1 amide bonds. The van der Waals surface area contributed by atoms with E-state index >= 15 is 0 Å². The van der Waals surface area contributed by atoms with E-state index in [1.807, 2.05) is 11.4 Å². The van der Waals surface area contributed by atoms with Gasteiger partial charge >= 0.3 is 0 Å². The number of rotatable bonds is 4. The zero-order chi connectivity index (χ0) is 12.8. The number of halogens is 1. The van der Waals surface area contributed by atoms with Gasteiger partial charge in [-0.25, -0.2) is 0 Å². The number of nitrogens with one attached hydrogen (secondary N) is 1. The van der Waals surface area contributed by atoms with Gasteiger partial charge < -0.3 is 10.2 Å². The summed E-state index contributed by atoms with van der Waals surface area (Å²) in [5.41, 5.74) is 0.753. The number of carbonyl (C=O) groups is 1. The van der Waals surface area contributed by atoms with Gasteiger partial charge in [-0.2, -0.15) is 0 Å². The molecule has 18 heavy (non-hydrogen) atoms. The van der Waals surface area contributed by atoms with Crippen LogP contribution in [0.1, 0.15) is 36.0 Å². The van der Waals surface area contributed by atoms with E-state index in [0.29, 0.717) is 0 Å². The lowest BCUT2D eigenvalue weighted by atomic mass is 10.2. The van der Waals surface area contributed by atoms with Gasteiger partial charge in [0.2, 0.25) is 0 Å². The normalized spacial score (nSPS) is 17.4. The summed E-state index contributed by atoms with van der Waals surface area (Å²) in [4.78, 5) is 14.3. The first-order valence-corrected chi connectivity index (χ1v) is 8.17. The molecule has 1 aliphatic heterocycles. The largest absolute Gasteiger partial charge is 0.351 e. The Hall–Kier alpha value is -0.390. The zero-order valence-corrected chi connectivity index (χ0v) is 12.9. The van der Waals surface area contributed by atoms with Crippen LogP contribution in [0.25, 0.3) is 0 Å². The van der Waals surface area contributed by atoms with Crippen molar-refractivity contribution in [3.05, 3.63) is 20.8 Å². The molecule has 5 heteroatoms. The molecule has 3 nitrogen and oxygen atoms in total. The van der Waals surface area contributed by atoms with E-state index in [4.69, 9.17) is 0 Å². The molecular weight excluding hydrogens is 312 g/mol. The van der Waals surface area contributed by atoms with Gasteiger partial charge in [0.25, 0.3) is 5.91 Å². The molecule has 0 aliphatic carbocycles. The Kier molecular flexibility index (Phi) is 5.66. The Morgan fingerprint density at radius 2 is 2.06 bits per heavy atom. The molecule has 0 spiro atoms. The van der Waals surface area contributed by atoms with Gasteiger partial charge in [0, 0.05) is 18.5 Å². The molecule has 0 bridgehead atoms. The van der Waals surface area contributed by atoms with Crippen LogP contribution in [0, 0.1) is 0 Å². The third-order valence-corrected chi connectivity index (χ3v) is 4.75. The highest BCUT2D eigenvalue weighted by molar-refractivity contribution is 9.11. The van der Waals surface area contributed by atoms with E-state index in [1.165, 1.54) is 38.8 Å². The second kappa shape index (κ2) is 7.26. The predicted molar refractivity (Wildman–Crippen MR) is 79.3 cm³/mol. The Labute approximate surface area is 121 Å². The number of likely N-dealkylation sites (tertiary alicyclic amines) is 1. The van der Waals surface area contributed by atoms with Gasteiger partial charge in [0.1, 0.15) is 0 Å². The summed E-state index contributed by atoms with van der Waals surface area (Å²) in [6.45, 7) is 4.07. The fraction of sp³-hybridized carbons (Fsp3) is 0.615. The maximum Gasteiger partial charge on any atom is 0.252 e. The second-order valence-electron chi connectivity index (χ2n) is 4.65. The first-order valence-electron chi connectivity index (χ1n) is 6.50. The first-order chi connectivity index (χ1) is 8.75. The van der Waals surface area contributed by atoms with Crippen LogP contribution in [0.15, 0.2) is 15.2 Å². The maximum absolute atomic E-state index is 11.8. The second-order valence-corrected chi connectivity index (χ2v) is 6.94. The number of hydrogen-bond donors (Lipinski definition) is 1. The number of amides is 1. The Balaban J connectivity index is 1.69. The summed E-state index contributed by atoms with van der Waals surface area (Å²) < 4.78 is 1.00. The molecule has 0 saturated carbocycles. The summed E-state index contributed by atoms with van der Waals surface area (Å²) >= 11 is 4.91. The summed E-state index contributed by atoms with van der Waals surface area (Å²) in [5.74, 6) is 0.0340. The van der Waals surface area contributed by atoms with Crippen LogP contribution in [-0.2, 0) is 0 Å². The van der Waals surface area contributed by atoms with Crippen LogP contribution >= 0.6 is 27.3 Å². The monoisotopic (exact) mass is 330 g/mol. The van der Waals surface area contributed by atoms with E-state index in [1.54, 1.807) is 11.3 Å². The Morgan fingerprint density at radius 3 is 2.67 bits per heavy atom. The Bertz CT molecular complexity index is 386. The number of hydrogen-bond acceptors (Lipinski definition) is 3. The molecule has 0 unspecified atom stereocenters. The third-order valence-electron chi connectivity index (χ3n) is 3.24. The molecule has 0 radical (unpaired) electrons. The van der Waals surface area contributed by atoms with E-state index < -0.39 is 0 Å². The van der Waals surface area contributed by atoms with Gasteiger partial charge in [-0.05, 0) is 47.9 Å². The summed E-state index contributed by atoms with van der Waals surface area (Å²) in [6, 6.07) is 1.87. The quantitative estimate of drug-likeness (QED) is 0.919. The van der Waals surface area contributed by atoms with Crippen molar-refractivity contribution in [2.24, 2.45) is 0 Å². The lowest BCUT2D eigenvalue weighted by Crippen LogP contribution is -2.35. The molecule has 1 aromatic heterocycles. The highest BCUT2D eigenvalue weighted by Crippen LogP contribution is 2.20. The molecule has 1 fully saturated rings. The van der Waals surface area contributed by atoms with Crippen LogP contribution in [0.3, 0.4) is 0 Å². The standard InChI is InChI=1S/C13H19BrN2OS/c14-12-9-11(10-18-12)13(17)15-5-8-16-6-3-1-2-4-7-16/h9-10H,1-8H2,(H,15,17). The van der Waals surface area contributed by atoms with Gasteiger partial charge in [-0.1, -0.05) is 12.8 Å². The Morgan fingerprint density at radius 1 is 1.33 bits per heavy atom. The van der Waals surface area contributed by atoms with E-state index in [0.717, 1.165) is 22.4 Å². The summed E-state index contributed by atoms with van der Waals surface area (Å²) in [5, 5.41) is 4.87. The van der Waals surface area contributed by atoms with Gasteiger partial charge in [-0.15, -0.1) is 11.3 Å². The van der Waals surface area contributed by atoms with E-state index in [2.05, 4.69) is 26.1 Å². The van der Waals surface area contributed by atoms with Crippen molar-refractivity contribution in [1.82, 2.24) is 10.2 Å². The topological polar surface area (TPSA) is 32.3 Å². The van der Waals surface area contributed by atoms with E-state index in [-0.39, 0.29) is 5.91 Å². The molecule has 100 valence electrons. The minimum atomic E-state index is 0.0340.